The number of nitriles is 1. The zero-order valence-electron chi connectivity index (χ0n) is 20.0. The first-order chi connectivity index (χ1) is 17.9. The van der Waals surface area contributed by atoms with Gasteiger partial charge in [0.15, 0.2) is 5.82 Å². The Morgan fingerprint density at radius 1 is 0.973 bits per heavy atom. The van der Waals surface area contributed by atoms with E-state index >= 15 is 4.39 Å². The van der Waals surface area contributed by atoms with Gasteiger partial charge in [0, 0.05) is 40.8 Å². The molecule has 3 aromatic carbocycles. The maximum Gasteiger partial charge on any atom is 0.254 e. The molecule has 3 heterocycles. The Hall–Kier alpha value is -4.15. The number of carbonyl (C=O) groups is 1. The highest BCUT2D eigenvalue weighted by atomic mass is 19.1. The van der Waals surface area contributed by atoms with E-state index in [0.29, 0.717) is 33.2 Å². The molecule has 2 aliphatic rings. The lowest BCUT2D eigenvalue weighted by Crippen LogP contribution is -2.50. The minimum Gasteiger partial charge on any atom is -0.333 e. The number of fused-ring (bicyclic) bond motifs is 3. The first-order valence-corrected chi connectivity index (χ1v) is 12.4. The van der Waals surface area contributed by atoms with Crippen molar-refractivity contribution in [2.45, 2.75) is 43.8 Å². The molecule has 2 aliphatic heterocycles. The molecule has 2 N–H and O–H groups in total. The van der Waals surface area contributed by atoms with Gasteiger partial charge >= 0.3 is 0 Å². The molecule has 0 saturated carbocycles. The normalized spacial score (nSPS) is 20.7. The molecule has 7 heteroatoms. The Balaban J connectivity index is 1.50. The van der Waals surface area contributed by atoms with E-state index in [4.69, 9.17) is 5.73 Å². The standard InChI is InChI=1S/C30H24F2N4O/c31-27-13-18(3-4-20(27)16-33)26-12-19(30(37)36-22-7-8-23(36)15-21(34)14-22)6-9-24(26)25-10-5-17-2-1-11-35-29(17)28(25)32/h1-6,9-13,21-23H,7-8,14-15,34H2/t21-,22-,23+. The number of hydrogen-bond donors (Lipinski definition) is 1. The molecule has 2 fully saturated rings. The molecule has 37 heavy (non-hydrogen) atoms. The Kier molecular flexibility index (Phi) is 5.69. The van der Waals surface area contributed by atoms with E-state index in [-0.39, 0.29) is 35.1 Å². The number of carbonyl (C=O) groups excluding carboxylic acids is 1. The Morgan fingerprint density at radius 2 is 1.73 bits per heavy atom. The molecule has 1 aromatic heterocycles. The largest absolute Gasteiger partial charge is 0.333 e. The van der Waals surface area contributed by atoms with Gasteiger partial charge in [-0.1, -0.05) is 30.3 Å². The molecule has 0 aliphatic carbocycles. The fourth-order valence-electron chi connectivity index (χ4n) is 5.94. The van der Waals surface area contributed by atoms with Crippen LogP contribution in [0.25, 0.3) is 33.2 Å². The number of piperidine rings is 1. The quantitative estimate of drug-likeness (QED) is 0.389. The molecule has 184 valence electrons. The van der Waals surface area contributed by atoms with E-state index in [1.54, 1.807) is 48.5 Å². The topological polar surface area (TPSA) is 83.0 Å². The summed E-state index contributed by atoms with van der Waals surface area (Å²) >= 11 is 0. The molecule has 6 rings (SSSR count). The summed E-state index contributed by atoms with van der Waals surface area (Å²) in [6, 6.07) is 18.5. The van der Waals surface area contributed by atoms with Crippen LogP contribution in [0.5, 0.6) is 0 Å². The van der Waals surface area contributed by atoms with Gasteiger partial charge in [0.05, 0.1) is 5.56 Å². The number of benzene rings is 3. The van der Waals surface area contributed by atoms with Gasteiger partial charge in [0.25, 0.3) is 5.91 Å². The molecule has 3 atom stereocenters. The van der Waals surface area contributed by atoms with Crippen molar-refractivity contribution in [3.05, 3.63) is 89.6 Å². The number of amides is 1. The lowest BCUT2D eigenvalue weighted by atomic mass is 9.90. The van der Waals surface area contributed by atoms with Crippen molar-refractivity contribution in [2.24, 2.45) is 5.73 Å². The summed E-state index contributed by atoms with van der Waals surface area (Å²) in [5, 5.41) is 9.85. The number of hydrogen-bond acceptors (Lipinski definition) is 4. The minimum absolute atomic E-state index is 0.0835. The average molecular weight is 495 g/mol. The van der Waals surface area contributed by atoms with Gasteiger partial charge in [-0.25, -0.2) is 8.78 Å². The van der Waals surface area contributed by atoms with Crippen molar-refractivity contribution in [1.29, 1.82) is 5.26 Å². The van der Waals surface area contributed by atoms with Crippen molar-refractivity contribution in [3.63, 3.8) is 0 Å². The van der Waals surface area contributed by atoms with Crippen LogP contribution in [0.3, 0.4) is 0 Å². The van der Waals surface area contributed by atoms with Gasteiger partial charge < -0.3 is 10.6 Å². The fraction of sp³-hybridized carbons (Fsp3) is 0.233. The van der Waals surface area contributed by atoms with Gasteiger partial charge in [-0.2, -0.15) is 5.26 Å². The molecular formula is C30H24F2N4O. The van der Waals surface area contributed by atoms with Gasteiger partial charge in [0.1, 0.15) is 17.4 Å². The van der Waals surface area contributed by atoms with Crippen LogP contribution in [0.2, 0.25) is 0 Å². The van der Waals surface area contributed by atoms with Crippen LogP contribution >= 0.6 is 0 Å². The van der Waals surface area contributed by atoms with Crippen LogP contribution in [-0.2, 0) is 0 Å². The molecule has 5 nitrogen and oxygen atoms in total. The molecule has 1 amide bonds. The van der Waals surface area contributed by atoms with Gasteiger partial charge in [-0.3, -0.25) is 9.78 Å². The molecule has 0 unspecified atom stereocenters. The second kappa shape index (κ2) is 9.06. The number of aromatic nitrogens is 1. The molecular weight excluding hydrogens is 470 g/mol. The van der Waals surface area contributed by atoms with Crippen LogP contribution in [-0.4, -0.2) is 33.9 Å². The maximum atomic E-state index is 15.7. The summed E-state index contributed by atoms with van der Waals surface area (Å²) in [7, 11) is 0. The zero-order valence-corrected chi connectivity index (χ0v) is 20.0. The summed E-state index contributed by atoms with van der Waals surface area (Å²) < 4.78 is 30.3. The van der Waals surface area contributed by atoms with E-state index in [1.807, 2.05) is 11.0 Å². The third-order valence-corrected chi connectivity index (χ3v) is 7.67. The van der Waals surface area contributed by atoms with Crippen molar-refractivity contribution >= 4 is 16.8 Å². The van der Waals surface area contributed by atoms with Crippen molar-refractivity contribution in [1.82, 2.24) is 9.88 Å². The molecule has 0 spiro atoms. The number of nitrogens with zero attached hydrogens (tertiary/aromatic N) is 3. The third-order valence-electron chi connectivity index (χ3n) is 7.67. The number of pyridine rings is 1. The highest BCUT2D eigenvalue weighted by Crippen LogP contribution is 2.39. The van der Waals surface area contributed by atoms with Gasteiger partial charge in [-0.05, 0) is 72.7 Å². The molecule has 2 bridgehead atoms. The van der Waals surface area contributed by atoms with Crippen molar-refractivity contribution in [2.75, 3.05) is 0 Å². The predicted molar refractivity (Wildman–Crippen MR) is 137 cm³/mol. The smallest absolute Gasteiger partial charge is 0.254 e. The van der Waals surface area contributed by atoms with E-state index < -0.39 is 11.6 Å². The van der Waals surface area contributed by atoms with Crippen molar-refractivity contribution < 1.29 is 13.6 Å². The monoisotopic (exact) mass is 494 g/mol. The molecule has 4 aromatic rings. The summed E-state index contributed by atoms with van der Waals surface area (Å²) in [6.45, 7) is 0. The van der Waals surface area contributed by atoms with E-state index in [9.17, 15) is 14.4 Å². The maximum absolute atomic E-state index is 15.7. The zero-order chi connectivity index (χ0) is 25.7. The number of halogens is 2. The van der Waals surface area contributed by atoms with Crippen LogP contribution in [0, 0.1) is 23.0 Å². The lowest BCUT2D eigenvalue weighted by Gasteiger charge is -2.38. The van der Waals surface area contributed by atoms with Gasteiger partial charge in [0.2, 0.25) is 0 Å². The first kappa shape index (κ1) is 23.3. The van der Waals surface area contributed by atoms with Gasteiger partial charge in [-0.15, -0.1) is 0 Å². The predicted octanol–water partition coefficient (Wildman–Crippen LogP) is 5.81. The van der Waals surface area contributed by atoms with E-state index in [0.717, 1.165) is 25.7 Å². The third kappa shape index (κ3) is 3.94. The summed E-state index contributed by atoms with van der Waals surface area (Å²) in [5.41, 5.74) is 8.56. The Morgan fingerprint density at radius 3 is 2.46 bits per heavy atom. The highest BCUT2D eigenvalue weighted by Gasteiger charge is 2.42. The molecule has 0 radical (unpaired) electrons. The summed E-state index contributed by atoms with van der Waals surface area (Å²) in [5.74, 6) is -1.26. The second-order valence-electron chi connectivity index (χ2n) is 9.90. The first-order valence-electron chi connectivity index (χ1n) is 12.4. The second-order valence-corrected chi connectivity index (χ2v) is 9.90. The Labute approximate surface area is 213 Å². The SMILES string of the molecule is N#Cc1ccc(-c2cc(C(=O)N3[C@@H]4CC[C@H]3C[C@H](N)C4)ccc2-c2ccc3cccnc3c2F)cc1F. The van der Waals surface area contributed by atoms with Crippen LogP contribution in [0.1, 0.15) is 41.6 Å². The van der Waals surface area contributed by atoms with E-state index in [2.05, 4.69) is 4.98 Å². The van der Waals surface area contributed by atoms with Crippen LogP contribution < -0.4 is 5.73 Å². The average Bonchev–Trinajstić information content (AvgIpc) is 3.19. The minimum atomic E-state index is -0.675. The van der Waals surface area contributed by atoms with Crippen LogP contribution in [0.4, 0.5) is 8.78 Å². The number of rotatable bonds is 3. The number of nitrogens with two attached hydrogens (primary N) is 1. The Bertz CT molecular complexity index is 1580. The lowest BCUT2D eigenvalue weighted by molar-refractivity contribution is 0.0575. The summed E-state index contributed by atoms with van der Waals surface area (Å²) in [6.07, 6.45) is 4.97. The summed E-state index contributed by atoms with van der Waals surface area (Å²) in [4.78, 5) is 19.8. The fourth-order valence-corrected chi connectivity index (χ4v) is 5.94. The molecule has 2 saturated heterocycles. The van der Waals surface area contributed by atoms with Crippen LogP contribution in [0.15, 0.2) is 66.9 Å². The highest BCUT2D eigenvalue weighted by molar-refractivity contribution is 5.99. The van der Waals surface area contributed by atoms with E-state index in [1.165, 1.54) is 18.3 Å². The van der Waals surface area contributed by atoms with Crippen molar-refractivity contribution in [3.8, 4) is 28.3 Å².